The summed E-state index contributed by atoms with van der Waals surface area (Å²) < 4.78 is 12.7. The van der Waals surface area contributed by atoms with Gasteiger partial charge < -0.3 is 18.9 Å². The summed E-state index contributed by atoms with van der Waals surface area (Å²) in [6.45, 7) is 0.716. The Kier molecular flexibility index (Phi) is 6.27. The molecule has 3 aromatic rings. The SMILES string of the molecule is CN(Cc1ccccc1)C(=O)[C@H]1CC=CC[C@H]1C(=O)Nc1ncc(-c2ccc3c(c2)OCO3)n1C. The lowest BCUT2D eigenvalue weighted by atomic mass is 9.81. The van der Waals surface area contributed by atoms with Gasteiger partial charge in [-0.2, -0.15) is 0 Å². The summed E-state index contributed by atoms with van der Waals surface area (Å²) in [6.07, 6.45) is 6.73. The number of benzene rings is 2. The van der Waals surface area contributed by atoms with E-state index in [1.54, 1.807) is 18.1 Å². The first-order valence-corrected chi connectivity index (χ1v) is 11.7. The van der Waals surface area contributed by atoms with E-state index in [9.17, 15) is 9.59 Å². The minimum atomic E-state index is -0.462. The van der Waals surface area contributed by atoms with Crippen LogP contribution in [0.3, 0.4) is 0 Å². The molecule has 2 aliphatic rings. The topological polar surface area (TPSA) is 85.7 Å². The molecule has 1 N–H and O–H groups in total. The number of hydrogen-bond acceptors (Lipinski definition) is 5. The number of nitrogens with zero attached hydrogens (tertiary/aromatic N) is 3. The molecule has 2 atom stereocenters. The third-order valence-corrected chi connectivity index (χ3v) is 6.62. The van der Waals surface area contributed by atoms with Gasteiger partial charge in [-0.05, 0) is 36.6 Å². The van der Waals surface area contributed by atoms with E-state index in [0.717, 1.165) is 16.8 Å². The maximum absolute atomic E-state index is 13.3. The molecular weight excluding hydrogens is 444 g/mol. The van der Waals surface area contributed by atoms with Crippen molar-refractivity contribution in [3.8, 4) is 22.8 Å². The number of hydrogen-bond donors (Lipinski definition) is 1. The van der Waals surface area contributed by atoms with E-state index in [1.807, 2.05) is 72.3 Å². The molecule has 1 aliphatic carbocycles. The van der Waals surface area contributed by atoms with Crippen molar-refractivity contribution in [2.45, 2.75) is 19.4 Å². The number of ether oxygens (including phenoxy) is 2. The number of rotatable bonds is 6. The van der Waals surface area contributed by atoms with Crippen LogP contribution in [0.15, 0.2) is 66.9 Å². The summed E-state index contributed by atoms with van der Waals surface area (Å²) in [5, 5.41) is 2.95. The largest absolute Gasteiger partial charge is 0.454 e. The van der Waals surface area contributed by atoms with E-state index in [0.29, 0.717) is 36.8 Å². The molecule has 0 saturated heterocycles. The number of anilines is 1. The molecular formula is C27H28N4O4. The number of imidazole rings is 1. The number of carbonyl (C=O) groups excluding carboxylic acids is 2. The van der Waals surface area contributed by atoms with Gasteiger partial charge in [-0.25, -0.2) is 4.98 Å². The van der Waals surface area contributed by atoms with Gasteiger partial charge in [0.1, 0.15) is 0 Å². The number of amides is 2. The van der Waals surface area contributed by atoms with Crippen LogP contribution in [0.4, 0.5) is 5.95 Å². The lowest BCUT2D eigenvalue weighted by Crippen LogP contribution is -2.41. The highest BCUT2D eigenvalue weighted by molar-refractivity contribution is 5.95. The van der Waals surface area contributed by atoms with E-state index >= 15 is 0 Å². The van der Waals surface area contributed by atoms with E-state index in [1.165, 1.54) is 0 Å². The van der Waals surface area contributed by atoms with E-state index in [2.05, 4.69) is 10.3 Å². The summed E-state index contributed by atoms with van der Waals surface area (Å²) in [7, 11) is 3.64. The first-order valence-electron chi connectivity index (χ1n) is 11.7. The second-order valence-corrected chi connectivity index (χ2v) is 8.92. The standard InChI is InChI=1S/C27H28N4O4/c1-30(16-18-8-4-3-5-9-18)26(33)21-11-7-6-10-20(21)25(32)29-27-28-15-22(31(27)2)19-12-13-23-24(14-19)35-17-34-23/h3-9,12-15,20-21H,10-11,16-17H2,1-2H3,(H,28,29,32)/t20-,21+/m1/s1. The molecule has 0 bridgehead atoms. The minimum Gasteiger partial charge on any atom is -0.454 e. The predicted molar refractivity (Wildman–Crippen MR) is 132 cm³/mol. The van der Waals surface area contributed by atoms with Crippen molar-refractivity contribution in [3.63, 3.8) is 0 Å². The van der Waals surface area contributed by atoms with Crippen molar-refractivity contribution in [1.29, 1.82) is 0 Å². The molecule has 1 aromatic heterocycles. The van der Waals surface area contributed by atoms with Gasteiger partial charge in [0.15, 0.2) is 11.5 Å². The average Bonchev–Trinajstić information content (AvgIpc) is 3.50. The summed E-state index contributed by atoms with van der Waals surface area (Å²) in [4.78, 5) is 32.7. The van der Waals surface area contributed by atoms with Crippen LogP contribution in [0.2, 0.25) is 0 Å². The number of aromatic nitrogens is 2. The van der Waals surface area contributed by atoms with Crippen molar-refractivity contribution in [2.24, 2.45) is 18.9 Å². The number of carbonyl (C=O) groups is 2. The molecule has 2 heterocycles. The molecule has 2 aromatic carbocycles. The Balaban J connectivity index is 1.29. The monoisotopic (exact) mass is 472 g/mol. The average molecular weight is 473 g/mol. The molecule has 180 valence electrons. The Morgan fingerprint density at radius 2 is 1.80 bits per heavy atom. The summed E-state index contributed by atoms with van der Waals surface area (Å²) in [6, 6.07) is 15.5. The van der Waals surface area contributed by atoms with Crippen LogP contribution in [-0.2, 0) is 23.2 Å². The van der Waals surface area contributed by atoms with Gasteiger partial charge in [-0.15, -0.1) is 0 Å². The lowest BCUT2D eigenvalue weighted by Gasteiger charge is -2.30. The van der Waals surface area contributed by atoms with Gasteiger partial charge in [0.2, 0.25) is 24.6 Å². The summed E-state index contributed by atoms with van der Waals surface area (Å²) in [5.41, 5.74) is 2.79. The van der Waals surface area contributed by atoms with Crippen LogP contribution in [-0.4, -0.2) is 40.1 Å². The second kappa shape index (κ2) is 9.66. The molecule has 8 heteroatoms. The molecule has 2 amide bonds. The van der Waals surface area contributed by atoms with Gasteiger partial charge in [0.25, 0.3) is 0 Å². The highest BCUT2D eigenvalue weighted by Crippen LogP contribution is 2.36. The van der Waals surface area contributed by atoms with Crippen LogP contribution in [0.25, 0.3) is 11.3 Å². The highest BCUT2D eigenvalue weighted by atomic mass is 16.7. The minimum absolute atomic E-state index is 0.0285. The Morgan fingerprint density at radius 1 is 1.06 bits per heavy atom. The van der Waals surface area contributed by atoms with Crippen molar-refractivity contribution in [1.82, 2.24) is 14.5 Å². The van der Waals surface area contributed by atoms with Crippen molar-refractivity contribution >= 4 is 17.8 Å². The van der Waals surface area contributed by atoms with E-state index < -0.39 is 11.8 Å². The predicted octanol–water partition coefficient (Wildman–Crippen LogP) is 4.00. The molecule has 0 spiro atoms. The molecule has 0 radical (unpaired) electrons. The molecule has 5 rings (SSSR count). The number of fused-ring (bicyclic) bond motifs is 1. The van der Waals surface area contributed by atoms with Crippen LogP contribution < -0.4 is 14.8 Å². The molecule has 35 heavy (non-hydrogen) atoms. The smallest absolute Gasteiger partial charge is 0.231 e. The quantitative estimate of drug-likeness (QED) is 0.548. The fraction of sp³-hybridized carbons (Fsp3) is 0.296. The molecule has 0 saturated carbocycles. The Bertz CT molecular complexity index is 1270. The molecule has 0 fully saturated rings. The van der Waals surface area contributed by atoms with Crippen LogP contribution in [0.5, 0.6) is 11.5 Å². The number of allylic oxidation sites excluding steroid dienone is 2. The zero-order valence-electron chi connectivity index (χ0n) is 19.8. The van der Waals surface area contributed by atoms with Crippen molar-refractivity contribution < 1.29 is 19.1 Å². The zero-order chi connectivity index (χ0) is 24.4. The van der Waals surface area contributed by atoms with E-state index in [-0.39, 0.29) is 18.6 Å². The van der Waals surface area contributed by atoms with Gasteiger partial charge in [0.05, 0.1) is 23.7 Å². The first kappa shape index (κ1) is 22.7. The van der Waals surface area contributed by atoms with Crippen molar-refractivity contribution in [2.75, 3.05) is 19.2 Å². The Morgan fingerprint density at radius 3 is 2.60 bits per heavy atom. The molecule has 1 aliphatic heterocycles. The highest BCUT2D eigenvalue weighted by Gasteiger charge is 2.36. The molecule has 0 unspecified atom stereocenters. The van der Waals surface area contributed by atoms with Gasteiger partial charge in [-0.1, -0.05) is 42.5 Å². The maximum atomic E-state index is 13.3. The lowest BCUT2D eigenvalue weighted by molar-refractivity contribution is -0.140. The van der Waals surface area contributed by atoms with Crippen molar-refractivity contribution in [3.05, 3.63) is 72.4 Å². The van der Waals surface area contributed by atoms with Crippen LogP contribution in [0.1, 0.15) is 18.4 Å². The third-order valence-electron chi connectivity index (χ3n) is 6.62. The first-order chi connectivity index (χ1) is 17.0. The maximum Gasteiger partial charge on any atom is 0.231 e. The number of nitrogens with one attached hydrogen (secondary N) is 1. The van der Waals surface area contributed by atoms with Crippen LogP contribution >= 0.6 is 0 Å². The fourth-order valence-corrected chi connectivity index (χ4v) is 4.65. The molecule has 8 nitrogen and oxygen atoms in total. The van der Waals surface area contributed by atoms with E-state index in [4.69, 9.17) is 9.47 Å². The second-order valence-electron chi connectivity index (χ2n) is 8.92. The zero-order valence-corrected chi connectivity index (χ0v) is 19.8. The summed E-state index contributed by atoms with van der Waals surface area (Å²) in [5.74, 6) is 0.720. The van der Waals surface area contributed by atoms with Crippen LogP contribution in [0, 0.1) is 11.8 Å². The Labute approximate surface area is 204 Å². The van der Waals surface area contributed by atoms with Gasteiger partial charge >= 0.3 is 0 Å². The Hall–Kier alpha value is -4.07. The van der Waals surface area contributed by atoms with Gasteiger partial charge in [0, 0.05) is 26.2 Å². The van der Waals surface area contributed by atoms with Gasteiger partial charge in [-0.3, -0.25) is 14.9 Å². The summed E-state index contributed by atoms with van der Waals surface area (Å²) >= 11 is 0. The third kappa shape index (κ3) is 4.64. The fourth-order valence-electron chi connectivity index (χ4n) is 4.65. The normalized spacial score (nSPS) is 18.3.